The van der Waals surface area contributed by atoms with E-state index in [-0.39, 0.29) is 11.9 Å². The van der Waals surface area contributed by atoms with Crippen molar-refractivity contribution in [1.29, 1.82) is 0 Å². The predicted molar refractivity (Wildman–Crippen MR) is 125 cm³/mol. The molecule has 8 nitrogen and oxygen atoms in total. The van der Waals surface area contributed by atoms with Gasteiger partial charge in [-0.3, -0.25) is 14.6 Å². The van der Waals surface area contributed by atoms with Gasteiger partial charge in [-0.2, -0.15) is 0 Å². The first-order valence-electron chi connectivity index (χ1n) is 11.8. The summed E-state index contributed by atoms with van der Waals surface area (Å²) in [6.07, 6.45) is 8.82. The molecule has 2 aromatic rings. The molecule has 0 saturated heterocycles. The van der Waals surface area contributed by atoms with Crippen LogP contribution in [0.25, 0.3) is 11.0 Å². The van der Waals surface area contributed by atoms with Crippen molar-refractivity contribution >= 4 is 22.6 Å². The number of aliphatic hydroxyl groups is 1. The third-order valence-corrected chi connectivity index (χ3v) is 7.58. The maximum Gasteiger partial charge on any atom is 0.255 e. The molecule has 4 fully saturated rings. The van der Waals surface area contributed by atoms with Crippen molar-refractivity contribution in [2.75, 3.05) is 40.2 Å². The number of nitrogens with zero attached hydrogens (tertiary/aromatic N) is 4. The number of carbonyl (C=O) groups is 1. The molecule has 6 rings (SSSR count). The third kappa shape index (κ3) is 3.89. The number of hydrogen-bond acceptors (Lipinski definition) is 6. The Labute approximate surface area is 190 Å². The van der Waals surface area contributed by atoms with E-state index in [2.05, 4.69) is 31.2 Å². The van der Waals surface area contributed by atoms with Crippen molar-refractivity contribution < 1.29 is 9.90 Å². The molecule has 4 saturated carbocycles. The van der Waals surface area contributed by atoms with Gasteiger partial charge in [0.1, 0.15) is 5.65 Å². The summed E-state index contributed by atoms with van der Waals surface area (Å²) in [6, 6.07) is 2.36. The molecule has 3 N–H and O–H groups in total. The number of nitrogens with one attached hydrogen (secondary N) is 2. The van der Waals surface area contributed by atoms with E-state index in [4.69, 9.17) is 0 Å². The standard InChI is InChI=1S/C24H36N6O2/c1-28(2)13-26-23(31)19-12-25-22-18(5-6-30(22)14-29(3)4)21(19)27-20-16-7-15-8-17(20)11-24(32,9-15)10-16/h5-6,12,15-17,20,32H,7-11,13-14H2,1-4H3,(H,25,27)(H,26,31)/t15?,16-,17+,20-,24-. The number of amides is 1. The van der Waals surface area contributed by atoms with Gasteiger partial charge in [-0.1, -0.05) is 0 Å². The highest BCUT2D eigenvalue weighted by Crippen LogP contribution is 2.56. The minimum absolute atomic E-state index is 0.113. The Morgan fingerprint density at radius 2 is 1.91 bits per heavy atom. The fraction of sp³-hybridized carbons (Fsp3) is 0.667. The number of hydrogen-bond donors (Lipinski definition) is 3. The number of anilines is 1. The molecular formula is C24H36N6O2. The fourth-order valence-corrected chi connectivity index (χ4v) is 6.59. The topological polar surface area (TPSA) is 85.7 Å². The quantitative estimate of drug-likeness (QED) is 0.572. The largest absolute Gasteiger partial charge is 0.390 e. The normalized spacial score (nSPS) is 31.1. The molecule has 4 aliphatic carbocycles. The molecule has 0 radical (unpaired) electrons. The molecule has 0 aromatic carbocycles. The van der Waals surface area contributed by atoms with E-state index in [0.717, 1.165) is 42.7 Å². The first-order chi connectivity index (χ1) is 15.2. The highest BCUT2D eigenvalue weighted by Gasteiger charge is 2.54. The van der Waals surface area contributed by atoms with Crippen LogP contribution in [-0.2, 0) is 6.67 Å². The van der Waals surface area contributed by atoms with Crippen LogP contribution in [0.3, 0.4) is 0 Å². The van der Waals surface area contributed by atoms with Crippen LogP contribution < -0.4 is 10.6 Å². The monoisotopic (exact) mass is 440 g/mol. The summed E-state index contributed by atoms with van der Waals surface area (Å²) in [6.45, 7) is 1.20. The Bertz CT molecular complexity index is 999. The molecule has 2 aromatic heterocycles. The van der Waals surface area contributed by atoms with Crippen molar-refractivity contribution in [3.05, 3.63) is 24.0 Å². The molecule has 0 aliphatic heterocycles. The molecular weight excluding hydrogens is 404 g/mol. The Morgan fingerprint density at radius 3 is 2.53 bits per heavy atom. The number of fused-ring (bicyclic) bond motifs is 1. The molecule has 32 heavy (non-hydrogen) atoms. The number of carbonyl (C=O) groups excluding carboxylic acids is 1. The van der Waals surface area contributed by atoms with E-state index >= 15 is 0 Å². The van der Waals surface area contributed by atoms with E-state index in [1.54, 1.807) is 6.20 Å². The lowest BCUT2D eigenvalue weighted by Gasteiger charge is -2.58. The van der Waals surface area contributed by atoms with Crippen LogP contribution in [0.1, 0.15) is 42.5 Å². The van der Waals surface area contributed by atoms with Crippen LogP contribution in [0.2, 0.25) is 0 Å². The zero-order chi connectivity index (χ0) is 22.6. The van der Waals surface area contributed by atoms with E-state index in [1.807, 2.05) is 39.3 Å². The summed E-state index contributed by atoms with van der Waals surface area (Å²) in [5.41, 5.74) is 1.89. The minimum Gasteiger partial charge on any atom is -0.390 e. The van der Waals surface area contributed by atoms with Crippen molar-refractivity contribution in [3.63, 3.8) is 0 Å². The first-order valence-corrected chi connectivity index (χ1v) is 11.8. The first kappa shape index (κ1) is 21.7. The zero-order valence-electron chi connectivity index (χ0n) is 19.6. The smallest absolute Gasteiger partial charge is 0.255 e. The number of aromatic nitrogens is 2. The highest BCUT2D eigenvalue weighted by atomic mass is 16.3. The molecule has 4 aliphatic rings. The summed E-state index contributed by atoms with van der Waals surface area (Å²) in [4.78, 5) is 21.8. The molecule has 1 amide bonds. The SMILES string of the molecule is CN(C)CNC(=O)c1cnc2c(ccn2CN(C)C)c1N[C@@H]1[C@@H]2CC3C[C@H]1C[C@@](O)(C3)C2. The van der Waals surface area contributed by atoms with E-state index in [9.17, 15) is 9.90 Å². The van der Waals surface area contributed by atoms with Crippen molar-refractivity contribution in [1.82, 2.24) is 24.7 Å². The van der Waals surface area contributed by atoms with E-state index < -0.39 is 5.60 Å². The number of rotatable bonds is 7. The van der Waals surface area contributed by atoms with Crippen LogP contribution in [0, 0.1) is 17.8 Å². The fourth-order valence-electron chi connectivity index (χ4n) is 6.59. The summed E-state index contributed by atoms with van der Waals surface area (Å²) in [5, 5.41) is 18.8. The molecule has 0 spiro atoms. The second kappa shape index (κ2) is 8.01. The van der Waals surface area contributed by atoms with Gasteiger partial charge in [-0.25, -0.2) is 4.98 Å². The van der Waals surface area contributed by atoms with Gasteiger partial charge in [0, 0.05) is 23.8 Å². The Morgan fingerprint density at radius 1 is 1.19 bits per heavy atom. The summed E-state index contributed by atoms with van der Waals surface area (Å²) in [5.74, 6) is 1.45. The maximum atomic E-state index is 13.1. The molecule has 1 unspecified atom stereocenters. The van der Waals surface area contributed by atoms with Crippen LogP contribution in [-0.4, -0.2) is 76.9 Å². The molecule has 174 valence electrons. The van der Waals surface area contributed by atoms with Crippen molar-refractivity contribution in [3.8, 4) is 0 Å². The zero-order valence-corrected chi connectivity index (χ0v) is 19.6. The maximum absolute atomic E-state index is 13.1. The third-order valence-electron chi connectivity index (χ3n) is 7.58. The Hall–Kier alpha value is -2.16. The lowest BCUT2D eigenvalue weighted by molar-refractivity contribution is -0.129. The van der Waals surface area contributed by atoms with Gasteiger partial charge in [0.05, 0.1) is 30.2 Å². The second-order valence-corrected chi connectivity index (χ2v) is 10.9. The Kier molecular flexibility index (Phi) is 5.42. The summed E-state index contributed by atoms with van der Waals surface area (Å²) in [7, 11) is 7.93. The molecule has 8 heteroatoms. The van der Waals surface area contributed by atoms with Crippen LogP contribution >= 0.6 is 0 Å². The second-order valence-electron chi connectivity index (χ2n) is 10.9. The van der Waals surface area contributed by atoms with Crippen LogP contribution in [0.15, 0.2) is 18.5 Å². The molecule has 4 bridgehead atoms. The van der Waals surface area contributed by atoms with Crippen molar-refractivity contribution in [2.45, 2.75) is 50.4 Å². The lowest BCUT2D eigenvalue weighted by atomic mass is 9.52. The van der Waals surface area contributed by atoms with Gasteiger partial charge in [-0.15, -0.1) is 0 Å². The lowest BCUT2D eigenvalue weighted by Crippen LogP contribution is -2.59. The average molecular weight is 441 g/mol. The Balaban J connectivity index is 1.51. The van der Waals surface area contributed by atoms with Gasteiger partial charge >= 0.3 is 0 Å². The summed E-state index contributed by atoms with van der Waals surface area (Å²) >= 11 is 0. The number of pyridine rings is 1. The van der Waals surface area contributed by atoms with Crippen molar-refractivity contribution in [2.24, 2.45) is 17.8 Å². The average Bonchev–Trinajstić information content (AvgIpc) is 3.10. The van der Waals surface area contributed by atoms with Gasteiger partial charge in [0.2, 0.25) is 0 Å². The van der Waals surface area contributed by atoms with Crippen LogP contribution in [0.4, 0.5) is 5.69 Å². The van der Waals surface area contributed by atoms with E-state index in [0.29, 0.717) is 30.0 Å². The van der Waals surface area contributed by atoms with Gasteiger partial charge < -0.3 is 20.3 Å². The summed E-state index contributed by atoms with van der Waals surface area (Å²) < 4.78 is 2.11. The molecule has 2 heterocycles. The van der Waals surface area contributed by atoms with Crippen LogP contribution in [0.5, 0.6) is 0 Å². The van der Waals surface area contributed by atoms with Gasteiger partial charge in [0.15, 0.2) is 0 Å². The van der Waals surface area contributed by atoms with Gasteiger partial charge in [-0.05, 0) is 84.1 Å². The predicted octanol–water partition coefficient (Wildman–Crippen LogP) is 2.16. The van der Waals surface area contributed by atoms with Gasteiger partial charge in [0.25, 0.3) is 5.91 Å². The minimum atomic E-state index is -0.469. The highest BCUT2D eigenvalue weighted by molar-refractivity contribution is 6.06. The molecule has 5 atom stereocenters. The van der Waals surface area contributed by atoms with E-state index in [1.165, 1.54) is 12.8 Å².